The van der Waals surface area contributed by atoms with Gasteiger partial charge in [0, 0.05) is 20.5 Å². The highest BCUT2D eigenvalue weighted by atomic mass is 16.7. The van der Waals surface area contributed by atoms with Crippen molar-refractivity contribution in [3.05, 3.63) is 108 Å². The Morgan fingerprint density at radius 1 is 0.658 bits per heavy atom. The maximum atomic E-state index is 12.5. The molecule has 3 aromatic rings. The highest BCUT2D eigenvalue weighted by molar-refractivity contribution is 6.36. The van der Waals surface area contributed by atoms with Crippen LogP contribution in [-0.4, -0.2) is 49.4 Å². The number of carbonyl (C=O) groups excluding carboxylic acids is 2. The van der Waals surface area contributed by atoms with Gasteiger partial charge in [-0.3, -0.25) is 9.59 Å². The van der Waals surface area contributed by atoms with Crippen LogP contribution in [0, 0.1) is 0 Å². The zero-order valence-corrected chi connectivity index (χ0v) is 21.7. The minimum atomic E-state index is -0.833. The monoisotopic (exact) mass is 518 g/mol. The molecule has 0 aliphatic carbocycles. The zero-order chi connectivity index (χ0) is 26.7. The molecular formula is C31H34O7. The smallest absolute Gasteiger partial charge is 0.200 e. The summed E-state index contributed by atoms with van der Waals surface area (Å²) in [5.41, 5.74) is 2.93. The van der Waals surface area contributed by atoms with E-state index in [1.807, 2.05) is 91.0 Å². The van der Waals surface area contributed by atoms with Crippen LogP contribution in [0.3, 0.4) is 0 Å². The van der Waals surface area contributed by atoms with Crippen molar-refractivity contribution in [1.29, 1.82) is 0 Å². The third-order valence-corrected chi connectivity index (χ3v) is 6.46. The van der Waals surface area contributed by atoms with Crippen molar-refractivity contribution in [2.24, 2.45) is 0 Å². The van der Waals surface area contributed by atoms with Crippen LogP contribution in [-0.2, 0) is 53.1 Å². The number of rotatable bonds is 13. The summed E-state index contributed by atoms with van der Waals surface area (Å²) in [6, 6.07) is 29.3. The molecule has 0 saturated carbocycles. The summed E-state index contributed by atoms with van der Waals surface area (Å²) in [6.07, 6.45) is -3.75. The minimum Gasteiger partial charge on any atom is -0.368 e. The highest BCUT2D eigenvalue weighted by Crippen LogP contribution is 2.32. The number of hydrogen-bond acceptors (Lipinski definition) is 7. The van der Waals surface area contributed by atoms with E-state index in [2.05, 4.69) is 0 Å². The highest BCUT2D eigenvalue weighted by Gasteiger charge is 2.49. The van der Waals surface area contributed by atoms with E-state index in [1.165, 1.54) is 14.0 Å². The molecule has 7 nitrogen and oxygen atoms in total. The van der Waals surface area contributed by atoms with Crippen molar-refractivity contribution in [2.45, 2.75) is 63.9 Å². The SMILES string of the molecule is CO[C@@H]1O[C@H](CC(=O)C(C)=O)[C@@H](OCc2ccccc2)[C@H](OCc2ccccc2)[C@H]1OCc1ccccc1. The number of carbonyl (C=O) groups is 2. The normalized spacial score (nSPS) is 23.2. The number of ketones is 2. The maximum absolute atomic E-state index is 12.5. The predicted molar refractivity (Wildman–Crippen MR) is 141 cm³/mol. The molecule has 0 spiro atoms. The van der Waals surface area contributed by atoms with E-state index in [9.17, 15) is 9.59 Å². The molecule has 0 radical (unpaired) electrons. The molecule has 0 bridgehead atoms. The fraction of sp³-hybridized carbons (Fsp3) is 0.355. The molecule has 0 amide bonds. The quantitative estimate of drug-likeness (QED) is 0.305. The second-order valence-corrected chi connectivity index (χ2v) is 9.25. The average molecular weight is 519 g/mol. The number of Topliss-reactive ketones (excluding diaryl/α,β-unsaturated/α-hetero) is 2. The molecule has 7 heteroatoms. The Bertz CT molecular complexity index is 1140. The van der Waals surface area contributed by atoms with E-state index < -0.39 is 42.3 Å². The van der Waals surface area contributed by atoms with Crippen molar-refractivity contribution in [1.82, 2.24) is 0 Å². The Morgan fingerprint density at radius 3 is 1.50 bits per heavy atom. The zero-order valence-electron chi connectivity index (χ0n) is 21.7. The molecule has 1 saturated heterocycles. The lowest BCUT2D eigenvalue weighted by atomic mass is 9.93. The first-order valence-electron chi connectivity index (χ1n) is 12.7. The summed E-state index contributed by atoms with van der Waals surface area (Å²) in [5, 5.41) is 0. The fourth-order valence-corrected chi connectivity index (χ4v) is 4.43. The van der Waals surface area contributed by atoms with E-state index in [-0.39, 0.29) is 13.0 Å². The predicted octanol–water partition coefficient (Wildman–Crippen LogP) is 4.66. The largest absolute Gasteiger partial charge is 0.368 e. The lowest BCUT2D eigenvalue weighted by molar-refractivity contribution is -0.317. The van der Waals surface area contributed by atoms with Crippen molar-refractivity contribution >= 4 is 11.6 Å². The first-order valence-corrected chi connectivity index (χ1v) is 12.7. The number of benzene rings is 3. The van der Waals surface area contributed by atoms with E-state index in [1.54, 1.807) is 0 Å². The van der Waals surface area contributed by atoms with E-state index >= 15 is 0 Å². The van der Waals surface area contributed by atoms with Crippen molar-refractivity contribution in [3.63, 3.8) is 0 Å². The molecule has 0 N–H and O–H groups in total. The van der Waals surface area contributed by atoms with Gasteiger partial charge in [0.25, 0.3) is 0 Å². The van der Waals surface area contributed by atoms with Gasteiger partial charge >= 0.3 is 0 Å². The summed E-state index contributed by atoms with van der Waals surface area (Å²) in [7, 11) is 1.52. The van der Waals surface area contributed by atoms with Crippen LogP contribution in [0.5, 0.6) is 0 Å². The summed E-state index contributed by atoms with van der Waals surface area (Å²) < 4.78 is 31.1. The average Bonchev–Trinajstić information content (AvgIpc) is 2.96. The van der Waals surface area contributed by atoms with Crippen molar-refractivity contribution < 1.29 is 33.3 Å². The molecule has 1 aliphatic rings. The summed E-state index contributed by atoms with van der Waals surface area (Å²) in [4.78, 5) is 24.3. The van der Waals surface area contributed by atoms with Gasteiger partial charge in [-0.25, -0.2) is 0 Å². The molecule has 1 fully saturated rings. The summed E-state index contributed by atoms with van der Waals surface area (Å²) >= 11 is 0. The van der Waals surface area contributed by atoms with Gasteiger partial charge in [0.2, 0.25) is 5.78 Å². The second-order valence-electron chi connectivity index (χ2n) is 9.25. The molecule has 4 rings (SSSR count). The van der Waals surface area contributed by atoms with Gasteiger partial charge in [-0.1, -0.05) is 91.0 Å². The van der Waals surface area contributed by atoms with E-state index in [4.69, 9.17) is 23.7 Å². The molecule has 1 heterocycles. The van der Waals surface area contributed by atoms with Gasteiger partial charge in [-0.15, -0.1) is 0 Å². The Balaban J connectivity index is 1.63. The van der Waals surface area contributed by atoms with E-state index in [0.29, 0.717) is 13.2 Å². The van der Waals surface area contributed by atoms with E-state index in [0.717, 1.165) is 16.7 Å². The van der Waals surface area contributed by atoms with Gasteiger partial charge in [-0.2, -0.15) is 0 Å². The third kappa shape index (κ3) is 7.66. The summed E-state index contributed by atoms with van der Waals surface area (Å²) in [5.74, 6) is -1.07. The molecule has 5 atom stereocenters. The first kappa shape index (κ1) is 27.8. The van der Waals surface area contributed by atoms with Crippen LogP contribution in [0.4, 0.5) is 0 Å². The number of ether oxygens (including phenoxy) is 5. The second kappa shape index (κ2) is 14.1. The van der Waals surface area contributed by atoms with Crippen LogP contribution < -0.4 is 0 Å². The van der Waals surface area contributed by atoms with Crippen molar-refractivity contribution in [2.75, 3.05) is 7.11 Å². The topological polar surface area (TPSA) is 80.3 Å². The Kier molecular flexibility index (Phi) is 10.3. The molecule has 38 heavy (non-hydrogen) atoms. The molecule has 200 valence electrons. The lowest BCUT2D eigenvalue weighted by Gasteiger charge is -2.45. The Morgan fingerprint density at radius 2 is 1.08 bits per heavy atom. The molecule has 0 unspecified atom stereocenters. The van der Waals surface area contributed by atoms with Gasteiger partial charge < -0.3 is 23.7 Å². The maximum Gasteiger partial charge on any atom is 0.200 e. The summed E-state index contributed by atoms with van der Waals surface area (Å²) in [6.45, 7) is 2.13. The van der Waals surface area contributed by atoms with Crippen LogP contribution in [0.1, 0.15) is 30.0 Å². The van der Waals surface area contributed by atoms with Gasteiger partial charge in [-0.05, 0) is 16.7 Å². The van der Waals surface area contributed by atoms with Crippen LogP contribution >= 0.6 is 0 Å². The van der Waals surface area contributed by atoms with Crippen LogP contribution in [0.25, 0.3) is 0 Å². The first-order chi connectivity index (χ1) is 18.5. The third-order valence-electron chi connectivity index (χ3n) is 6.46. The Labute approximate surface area is 223 Å². The van der Waals surface area contributed by atoms with Gasteiger partial charge in [0.15, 0.2) is 12.1 Å². The van der Waals surface area contributed by atoms with Gasteiger partial charge in [0.1, 0.15) is 18.3 Å². The molecule has 1 aliphatic heterocycles. The van der Waals surface area contributed by atoms with Crippen molar-refractivity contribution in [3.8, 4) is 0 Å². The molecular weight excluding hydrogens is 484 g/mol. The van der Waals surface area contributed by atoms with Crippen LogP contribution in [0.15, 0.2) is 91.0 Å². The van der Waals surface area contributed by atoms with Crippen LogP contribution in [0.2, 0.25) is 0 Å². The lowest BCUT2D eigenvalue weighted by Crippen LogP contribution is -2.61. The minimum absolute atomic E-state index is 0.148. The fourth-order valence-electron chi connectivity index (χ4n) is 4.43. The number of methoxy groups -OCH3 is 1. The standard InChI is InChI=1S/C31H34O7/c1-22(32)26(33)18-27-28(35-19-23-12-6-3-7-13-23)29(36-20-24-14-8-4-9-15-24)30(31(34-2)38-27)37-21-25-16-10-5-11-17-25/h3-17,27-31H,18-21H2,1-2H3/t27-,28-,29+,30-,31-/m1/s1. The van der Waals surface area contributed by atoms with Gasteiger partial charge in [0.05, 0.1) is 25.9 Å². The molecule has 0 aromatic heterocycles. The Hall–Kier alpha value is -3.20. The molecule has 3 aromatic carbocycles. The number of hydrogen-bond donors (Lipinski definition) is 0.